The van der Waals surface area contributed by atoms with Crippen LogP contribution in [0, 0.1) is 0 Å². The fourth-order valence-corrected chi connectivity index (χ4v) is 2.44. The van der Waals surface area contributed by atoms with E-state index in [-0.39, 0.29) is 6.42 Å². The summed E-state index contributed by atoms with van der Waals surface area (Å²) in [7, 11) is 0. The molecular formula is C12H17N3O6. The van der Waals surface area contributed by atoms with E-state index in [1.807, 2.05) is 4.98 Å². The van der Waals surface area contributed by atoms with Crippen molar-refractivity contribution in [1.29, 1.82) is 0 Å². The molecule has 0 aliphatic carbocycles. The summed E-state index contributed by atoms with van der Waals surface area (Å²) in [6.07, 6.45) is -1.30. The molecule has 1 aromatic heterocycles. The van der Waals surface area contributed by atoms with Crippen LogP contribution in [0.5, 0.6) is 0 Å². The second-order valence-electron chi connectivity index (χ2n) is 5.03. The van der Waals surface area contributed by atoms with E-state index in [0.29, 0.717) is 0 Å². The summed E-state index contributed by atoms with van der Waals surface area (Å²) in [5.74, 6) is -0.633. The fourth-order valence-electron chi connectivity index (χ4n) is 2.44. The molecule has 5 N–H and O–H groups in total. The maximum Gasteiger partial charge on any atom is 0.331 e. The molecule has 9 nitrogen and oxygen atoms in total. The molecule has 1 saturated heterocycles. The highest BCUT2D eigenvalue weighted by Crippen LogP contribution is 2.35. The molecule has 0 unspecified atom stereocenters. The highest BCUT2D eigenvalue weighted by Gasteiger charge is 2.53. The normalized spacial score (nSPS) is 30.3. The number of hydrogen-bond acceptors (Lipinski definition) is 7. The van der Waals surface area contributed by atoms with Crippen molar-refractivity contribution in [3.63, 3.8) is 0 Å². The van der Waals surface area contributed by atoms with Crippen molar-refractivity contribution in [2.75, 3.05) is 6.61 Å². The number of aliphatic hydroxyl groups is 2. The largest absolute Gasteiger partial charge is 0.394 e. The number of aromatic nitrogens is 2. The van der Waals surface area contributed by atoms with Gasteiger partial charge in [-0.1, -0.05) is 0 Å². The lowest BCUT2D eigenvalue weighted by molar-refractivity contribution is -0.163. The first-order valence-corrected chi connectivity index (χ1v) is 6.41. The molecule has 1 aromatic rings. The minimum absolute atomic E-state index is 0.245. The Labute approximate surface area is 119 Å². The number of nitrogens with zero attached hydrogens (tertiary/aromatic N) is 1. The smallest absolute Gasteiger partial charge is 0.331 e. The first kappa shape index (κ1) is 15.6. The van der Waals surface area contributed by atoms with Crippen LogP contribution in [0.2, 0.25) is 0 Å². The lowest BCUT2D eigenvalue weighted by Crippen LogP contribution is -2.54. The van der Waals surface area contributed by atoms with Crippen LogP contribution in [0.3, 0.4) is 0 Å². The highest BCUT2D eigenvalue weighted by atomic mass is 16.6. The average molecular weight is 299 g/mol. The SMILES string of the molecule is C[C@H](N)C(=O)[C@]1(n2ccc(=O)[nH]c2=O)C[C@H](O)[C@@H](CO)O1. The van der Waals surface area contributed by atoms with E-state index in [2.05, 4.69) is 0 Å². The summed E-state index contributed by atoms with van der Waals surface area (Å²) < 4.78 is 6.34. The molecule has 2 rings (SSSR count). The van der Waals surface area contributed by atoms with Crippen LogP contribution in [-0.2, 0) is 15.3 Å². The Morgan fingerprint density at radius 2 is 2.33 bits per heavy atom. The Bertz CT molecular complexity index is 651. The number of aromatic amines is 1. The van der Waals surface area contributed by atoms with Crippen LogP contribution < -0.4 is 17.0 Å². The number of carbonyl (C=O) groups is 1. The molecule has 4 atom stereocenters. The first-order valence-electron chi connectivity index (χ1n) is 6.41. The number of nitrogens with two attached hydrogens (primary N) is 1. The molecule has 21 heavy (non-hydrogen) atoms. The van der Waals surface area contributed by atoms with E-state index in [9.17, 15) is 24.6 Å². The topological polar surface area (TPSA) is 148 Å². The Morgan fingerprint density at radius 1 is 1.67 bits per heavy atom. The molecular weight excluding hydrogens is 282 g/mol. The minimum Gasteiger partial charge on any atom is -0.394 e. The van der Waals surface area contributed by atoms with Crippen molar-refractivity contribution in [3.8, 4) is 0 Å². The van der Waals surface area contributed by atoms with E-state index in [0.717, 1.165) is 16.8 Å². The third kappa shape index (κ3) is 2.56. The third-order valence-corrected chi connectivity index (χ3v) is 3.45. The zero-order valence-electron chi connectivity index (χ0n) is 11.4. The number of nitrogens with one attached hydrogen (secondary N) is 1. The maximum absolute atomic E-state index is 12.4. The summed E-state index contributed by atoms with van der Waals surface area (Å²) in [6, 6.07) is 0.0908. The predicted octanol–water partition coefficient (Wildman–Crippen LogP) is -2.75. The number of carbonyl (C=O) groups excluding carboxylic acids is 1. The molecule has 0 spiro atoms. The van der Waals surface area contributed by atoms with Crippen LogP contribution >= 0.6 is 0 Å². The Morgan fingerprint density at radius 3 is 2.81 bits per heavy atom. The van der Waals surface area contributed by atoms with E-state index in [1.165, 1.54) is 6.92 Å². The van der Waals surface area contributed by atoms with Crippen LogP contribution in [-0.4, -0.2) is 50.4 Å². The zero-order chi connectivity index (χ0) is 15.8. The van der Waals surface area contributed by atoms with Crippen molar-refractivity contribution in [3.05, 3.63) is 33.1 Å². The summed E-state index contributed by atoms with van der Waals surface area (Å²) in [5, 5.41) is 19.1. The van der Waals surface area contributed by atoms with Gasteiger partial charge in [-0.3, -0.25) is 19.1 Å². The number of ketones is 1. The van der Waals surface area contributed by atoms with E-state index < -0.39 is 47.6 Å². The van der Waals surface area contributed by atoms with Gasteiger partial charge in [0.05, 0.1) is 18.8 Å². The van der Waals surface area contributed by atoms with Gasteiger partial charge in [0.15, 0.2) is 0 Å². The number of aliphatic hydroxyl groups excluding tert-OH is 2. The molecule has 0 bridgehead atoms. The number of H-pyrrole nitrogens is 1. The maximum atomic E-state index is 12.4. The van der Waals surface area contributed by atoms with Gasteiger partial charge in [-0.15, -0.1) is 0 Å². The number of ether oxygens (including phenoxy) is 1. The van der Waals surface area contributed by atoms with Gasteiger partial charge in [-0.25, -0.2) is 4.79 Å². The molecule has 0 aromatic carbocycles. The van der Waals surface area contributed by atoms with Crippen LogP contribution in [0.25, 0.3) is 0 Å². The molecule has 1 aliphatic rings. The van der Waals surface area contributed by atoms with Crippen LogP contribution in [0.4, 0.5) is 0 Å². The van der Waals surface area contributed by atoms with Crippen molar-refractivity contribution >= 4 is 5.78 Å². The first-order chi connectivity index (χ1) is 9.81. The van der Waals surface area contributed by atoms with Gasteiger partial charge in [0.2, 0.25) is 11.5 Å². The van der Waals surface area contributed by atoms with Crippen molar-refractivity contribution in [1.82, 2.24) is 9.55 Å². The van der Waals surface area contributed by atoms with Crippen molar-refractivity contribution in [2.24, 2.45) is 5.73 Å². The number of Topliss-reactive ketones (excluding diaryl/α,β-unsaturated/α-hetero) is 1. The van der Waals surface area contributed by atoms with E-state index >= 15 is 0 Å². The molecule has 1 fully saturated rings. The summed E-state index contributed by atoms with van der Waals surface area (Å²) in [6.45, 7) is 0.899. The number of rotatable bonds is 4. The van der Waals surface area contributed by atoms with Crippen molar-refractivity contribution in [2.45, 2.75) is 37.3 Å². The van der Waals surface area contributed by atoms with Crippen LogP contribution in [0.1, 0.15) is 13.3 Å². The quantitative estimate of drug-likeness (QED) is 0.471. The second kappa shape index (κ2) is 5.53. The lowest BCUT2D eigenvalue weighted by atomic mass is 9.97. The third-order valence-electron chi connectivity index (χ3n) is 3.45. The fraction of sp³-hybridized carbons (Fsp3) is 0.583. The Balaban J connectivity index is 2.60. The predicted molar refractivity (Wildman–Crippen MR) is 70.5 cm³/mol. The summed E-state index contributed by atoms with van der Waals surface area (Å²) >= 11 is 0. The molecule has 9 heteroatoms. The summed E-state index contributed by atoms with van der Waals surface area (Å²) in [5.41, 5.74) is 2.26. The van der Waals surface area contributed by atoms with Crippen molar-refractivity contribution < 1.29 is 19.7 Å². The molecule has 2 heterocycles. The minimum atomic E-state index is -1.84. The van der Waals surface area contributed by atoms with Gasteiger partial charge in [0, 0.05) is 18.7 Å². The molecule has 0 saturated carbocycles. The lowest BCUT2D eigenvalue weighted by Gasteiger charge is -2.30. The number of hydrogen-bond donors (Lipinski definition) is 4. The average Bonchev–Trinajstić information content (AvgIpc) is 2.75. The molecule has 0 amide bonds. The highest BCUT2D eigenvalue weighted by molar-refractivity contribution is 5.90. The van der Waals surface area contributed by atoms with Gasteiger partial charge < -0.3 is 20.7 Å². The van der Waals surface area contributed by atoms with Crippen LogP contribution in [0.15, 0.2) is 21.9 Å². The Kier molecular flexibility index (Phi) is 4.10. The monoisotopic (exact) mass is 299 g/mol. The van der Waals surface area contributed by atoms with Gasteiger partial charge in [0.25, 0.3) is 5.56 Å². The van der Waals surface area contributed by atoms with Gasteiger partial charge in [-0.05, 0) is 6.92 Å². The second-order valence-corrected chi connectivity index (χ2v) is 5.03. The molecule has 1 aliphatic heterocycles. The van der Waals surface area contributed by atoms with E-state index in [1.54, 1.807) is 0 Å². The van der Waals surface area contributed by atoms with Gasteiger partial charge in [0.1, 0.15) is 6.10 Å². The summed E-state index contributed by atoms with van der Waals surface area (Å²) in [4.78, 5) is 37.5. The molecule has 0 radical (unpaired) electrons. The standard InChI is InChI=1S/C12H17N3O6/c1-6(13)10(19)12(4-7(17)8(5-16)21-12)15-3-2-9(18)14-11(15)20/h2-3,6-8,16-17H,4-5,13H2,1H3,(H,14,18,20)/t6-,7-,8+,12-/m0/s1. The molecule has 116 valence electrons. The van der Waals surface area contributed by atoms with Gasteiger partial charge in [-0.2, -0.15) is 0 Å². The zero-order valence-corrected chi connectivity index (χ0v) is 11.4. The van der Waals surface area contributed by atoms with E-state index in [4.69, 9.17) is 10.5 Å². The Hall–Kier alpha value is -1.81. The van der Waals surface area contributed by atoms with Gasteiger partial charge >= 0.3 is 5.69 Å².